The summed E-state index contributed by atoms with van der Waals surface area (Å²) in [6, 6.07) is 15.4. The number of hydrogen-bond acceptors (Lipinski definition) is 3. The largest absolute Gasteiger partial charge is 0.328 e. The molecule has 124 valence electrons. The average molecular weight is 340 g/mol. The fraction of sp³-hybridized carbons (Fsp3) is 0.263. The Labute approximate surface area is 146 Å². The monoisotopic (exact) mass is 340 g/mol. The topological polar surface area (TPSA) is 40.6 Å². The van der Waals surface area contributed by atoms with Crippen molar-refractivity contribution in [3.63, 3.8) is 0 Å². The van der Waals surface area contributed by atoms with Crippen LogP contribution in [0.4, 0.5) is 5.69 Å². The van der Waals surface area contributed by atoms with Gasteiger partial charge in [-0.2, -0.15) is 0 Å². The third-order valence-corrected chi connectivity index (χ3v) is 4.93. The van der Waals surface area contributed by atoms with Crippen LogP contribution in [0, 0.1) is 6.92 Å². The smallest absolute Gasteiger partial charge is 0.254 e. The van der Waals surface area contributed by atoms with Crippen LogP contribution in [0.5, 0.6) is 0 Å². The van der Waals surface area contributed by atoms with E-state index in [0.717, 1.165) is 16.1 Å². The fourth-order valence-corrected chi connectivity index (χ4v) is 3.17. The van der Waals surface area contributed by atoms with Crippen molar-refractivity contribution in [1.82, 2.24) is 4.90 Å². The van der Waals surface area contributed by atoms with Crippen LogP contribution in [0.1, 0.15) is 15.9 Å². The molecule has 1 saturated heterocycles. The van der Waals surface area contributed by atoms with Gasteiger partial charge in [0.1, 0.15) is 6.54 Å². The number of hydrogen-bond donors (Lipinski definition) is 0. The number of piperazine rings is 1. The van der Waals surface area contributed by atoms with E-state index >= 15 is 0 Å². The maximum Gasteiger partial charge on any atom is 0.254 e. The lowest BCUT2D eigenvalue weighted by molar-refractivity contribution is -0.120. The van der Waals surface area contributed by atoms with Gasteiger partial charge in [0, 0.05) is 29.2 Å². The second kappa shape index (κ2) is 7.09. The highest BCUT2D eigenvalue weighted by molar-refractivity contribution is 7.98. The maximum absolute atomic E-state index is 12.6. The predicted octanol–water partition coefficient (Wildman–Crippen LogP) is 3.21. The molecule has 1 fully saturated rings. The summed E-state index contributed by atoms with van der Waals surface area (Å²) in [4.78, 5) is 29.5. The van der Waals surface area contributed by atoms with E-state index in [1.165, 1.54) is 0 Å². The third kappa shape index (κ3) is 3.46. The van der Waals surface area contributed by atoms with Gasteiger partial charge < -0.3 is 9.80 Å². The number of nitrogens with zero attached hydrogens (tertiary/aromatic N) is 2. The molecule has 3 rings (SSSR count). The first kappa shape index (κ1) is 16.6. The van der Waals surface area contributed by atoms with Crippen molar-refractivity contribution in [2.75, 3.05) is 30.8 Å². The minimum atomic E-state index is -0.0837. The number of carbonyl (C=O) groups is 2. The van der Waals surface area contributed by atoms with Crippen LogP contribution in [0.3, 0.4) is 0 Å². The van der Waals surface area contributed by atoms with Gasteiger partial charge >= 0.3 is 0 Å². The first-order chi connectivity index (χ1) is 11.6. The normalized spacial score (nSPS) is 14.8. The van der Waals surface area contributed by atoms with Crippen LogP contribution in [-0.2, 0) is 4.79 Å². The number of thioether (sulfide) groups is 1. The molecule has 0 radical (unpaired) electrons. The van der Waals surface area contributed by atoms with Gasteiger partial charge in [-0.05, 0) is 49.6 Å². The van der Waals surface area contributed by atoms with Crippen molar-refractivity contribution < 1.29 is 9.59 Å². The van der Waals surface area contributed by atoms with E-state index in [2.05, 4.69) is 0 Å². The SMILES string of the molecule is CSc1ccc(C(=O)N2CCN(c3ccc(C)cc3)C(=O)C2)cc1. The Balaban J connectivity index is 1.69. The molecule has 1 heterocycles. The Morgan fingerprint density at radius 2 is 1.67 bits per heavy atom. The summed E-state index contributed by atoms with van der Waals surface area (Å²) in [7, 11) is 0. The molecule has 1 aliphatic rings. The summed E-state index contributed by atoms with van der Waals surface area (Å²) in [6.07, 6.45) is 2.00. The van der Waals surface area contributed by atoms with Gasteiger partial charge in [0.15, 0.2) is 0 Å². The highest BCUT2D eigenvalue weighted by Gasteiger charge is 2.28. The third-order valence-electron chi connectivity index (χ3n) is 4.19. The van der Waals surface area contributed by atoms with Gasteiger partial charge in [0.25, 0.3) is 5.91 Å². The number of carbonyl (C=O) groups excluding carboxylic acids is 2. The minimum absolute atomic E-state index is 0.0424. The molecule has 0 bridgehead atoms. The van der Waals surface area contributed by atoms with Crippen LogP contribution < -0.4 is 4.90 Å². The molecular formula is C19H20N2O2S. The van der Waals surface area contributed by atoms with Gasteiger partial charge in [0.2, 0.25) is 5.91 Å². The van der Waals surface area contributed by atoms with Crippen molar-refractivity contribution >= 4 is 29.3 Å². The molecule has 2 aromatic carbocycles. The number of amides is 2. The van der Waals surface area contributed by atoms with Crippen LogP contribution >= 0.6 is 11.8 Å². The molecule has 0 aromatic heterocycles. The summed E-state index contributed by atoms with van der Waals surface area (Å²) < 4.78 is 0. The van der Waals surface area contributed by atoms with Gasteiger partial charge in [0.05, 0.1) is 0 Å². The van der Waals surface area contributed by atoms with Gasteiger partial charge in [-0.15, -0.1) is 11.8 Å². The summed E-state index contributed by atoms with van der Waals surface area (Å²) in [5.74, 6) is -0.126. The second-order valence-electron chi connectivity index (χ2n) is 5.84. The molecule has 0 spiro atoms. The predicted molar refractivity (Wildman–Crippen MR) is 97.7 cm³/mol. The van der Waals surface area contributed by atoms with Crippen LogP contribution in [0.15, 0.2) is 53.4 Å². The van der Waals surface area contributed by atoms with Crippen molar-refractivity contribution in [3.8, 4) is 0 Å². The van der Waals surface area contributed by atoms with Gasteiger partial charge in [-0.3, -0.25) is 9.59 Å². The first-order valence-corrected chi connectivity index (χ1v) is 9.11. The lowest BCUT2D eigenvalue weighted by Gasteiger charge is -2.34. The molecule has 2 aromatic rings. The second-order valence-corrected chi connectivity index (χ2v) is 6.72. The van der Waals surface area contributed by atoms with Crippen LogP contribution in [0.25, 0.3) is 0 Å². The Hall–Kier alpha value is -2.27. The lowest BCUT2D eigenvalue weighted by atomic mass is 10.1. The minimum Gasteiger partial charge on any atom is -0.328 e. The van der Waals surface area contributed by atoms with E-state index in [9.17, 15) is 9.59 Å². The van der Waals surface area contributed by atoms with E-state index in [1.807, 2.05) is 61.7 Å². The lowest BCUT2D eigenvalue weighted by Crippen LogP contribution is -2.52. The molecule has 24 heavy (non-hydrogen) atoms. The summed E-state index contributed by atoms with van der Waals surface area (Å²) in [5.41, 5.74) is 2.68. The zero-order chi connectivity index (χ0) is 17.1. The Morgan fingerprint density at radius 1 is 1.00 bits per heavy atom. The van der Waals surface area contributed by atoms with E-state index in [4.69, 9.17) is 0 Å². The van der Waals surface area contributed by atoms with E-state index in [1.54, 1.807) is 21.6 Å². The Bertz CT molecular complexity index is 741. The molecule has 0 aliphatic carbocycles. The number of rotatable bonds is 3. The maximum atomic E-state index is 12.6. The molecule has 4 nitrogen and oxygen atoms in total. The standard InChI is InChI=1S/C19H20N2O2S/c1-14-3-7-16(8-4-14)21-12-11-20(13-18(21)22)19(23)15-5-9-17(24-2)10-6-15/h3-10H,11-13H2,1-2H3. The summed E-state index contributed by atoms with van der Waals surface area (Å²) in [6.45, 7) is 3.21. The molecule has 0 N–H and O–H groups in total. The zero-order valence-corrected chi connectivity index (χ0v) is 14.7. The van der Waals surface area contributed by atoms with Gasteiger partial charge in [-0.1, -0.05) is 17.7 Å². The van der Waals surface area contributed by atoms with E-state index < -0.39 is 0 Å². The Morgan fingerprint density at radius 3 is 2.25 bits per heavy atom. The highest BCUT2D eigenvalue weighted by atomic mass is 32.2. The molecule has 5 heteroatoms. The number of benzene rings is 2. The summed E-state index contributed by atoms with van der Waals surface area (Å²) in [5, 5.41) is 0. The fourth-order valence-electron chi connectivity index (χ4n) is 2.76. The van der Waals surface area contributed by atoms with E-state index in [-0.39, 0.29) is 18.4 Å². The first-order valence-electron chi connectivity index (χ1n) is 7.89. The van der Waals surface area contributed by atoms with Gasteiger partial charge in [-0.25, -0.2) is 0 Å². The number of aryl methyl sites for hydroxylation is 1. The Kier molecular flexibility index (Phi) is 4.90. The molecule has 1 aliphatic heterocycles. The summed E-state index contributed by atoms with van der Waals surface area (Å²) >= 11 is 1.64. The molecule has 0 unspecified atom stereocenters. The average Bonchev–Trinajstić information content (AvgIpc) is 2.62. The number of anilines is 1. The molecule has 0 saturated carbocycles. The van der Waals surface area contributed by atoms with Crippen molar-refractivity contribution in [1.29, 1.82) is 0 Å². The van der Waals surface area contributed by atoms with Crippen molar-refractivity contribution in [2.24, 2.45) is 0 Å². The highest BCUT2D eigenvalue weighted by Crippen LogP contribution is 2.20. The van der Waals surface area contributed by atoms with Crippen LogP contribution in [0.2, 0.25) is 0 Å². The zero-order valence-electron chi connectivity index (χ0n) is 13.9. The molecular weight excluding hydrogens is 320 g/mol. The van der Waals surface area contributed by atoms with E-state index in [0.29, 0.717) is 18.7 Å². The molecule has 2 amide bonds. The quantitative estimate of drug-likeness (QED) is 0.806. The van der Waals surface area contributed by atoms with Crippen molar-refractivity contribution in [3.05, 3.63) is 59.7 Å². The van der Waals surface area contributed by atoms with Crippen molar-refractivity contribution in [2.45, 2.75) is 11.8 Å². The molecule has 0 atom stereocenters. The van der Waals surface area contributed by atoms with Crippen LogP contribution in [-0.4, -0.2) is 42.6 Å².